The zero-order valence-electron chi connectivity index (χ0n) is 29.1. The van der Waals surface area contributed by atoms with Crippen molar-refractivity contribution in [2.24, 2.45) is 0 Å². The van der Waals surface area contributed by atoms with E-state index in [1.165, 1.54) is 88.0 Å². The summed E-state index contributed by atoms with van der Waals surface area (Å²) in [5.74, 6) is 0. The Bertz CT molecular complexity index is 3040. The molecule has 0 unspecified atom stereocenters. The van der Waals surface area contributed by atoms with Crippen molar-refractivity contribution in [3.63, 3.8) is 0 Å². The number of furan rings is 1. The third kappa shape index (κ3) is 4.11. The molecule has 1 aliphatic rings. The van der Waals surface area contributed by atoms with E-state index in [0.717, 1.165) is 21.9 Å². The molecule has 0 saturated carbocycles. The molecule has 1 nitrogen and oxygen atoms in total. The van der Waals surface area contributed by atoms with Gasteiger partial charge in [-0.15, -0.1) is 0 Å². The Balaban J connectivity index is 1.12. The Labute approximate surface area is 302 Å². The zero-order chi connectivity index (χ0) is 34.6. The molecule has 0 fully saturated rings. The van der Waals surface area contributed by atoms with E-state index in [-0.39, 0.29) is 5.41 Å². The van der Waals surface area contributed by atoms with Crippen LogP contribution in [0.25, 0.3) is 98.8 Å². The first-order valence-electron chi connectivity index (χ1n) is 18.2. The van der Waals surface area contributed by atoms with E-state index < -0.39 is 0 Å². The fourth-order valence-corrected chi connectivity index (χ4v) is 9.28. The second-order valence-electron chi connectivity index (χ2n) is 14.8. The molecule has 244 valence electrons. The average molecular weight is 663 g/mol. The molecule has 0 radical (unpaired) electrons. The quantitative estimate of drug-likeness (QED) is 0.172. The summed E-state index contributed by atoms with van der Waals surface area (Å²) in [6.07, 6.45) is 0. The minimum absolute atomic E-state index is 0.0850. The molecule has 0 amide bonds. The second-order valence-corrected chi connectivity index (χ2v) is 14.8. The monoisotopic (exact) mass is 662 g/mol. The number of rotatable bonds is 3. The first-order chi connectivity index (χ1) is 25.5. The van der Waals surface area contributed by atoms with Crippen LogP contribution in [-0.4, -0.2) is 0 Å². The molecule has 52 heavy (non-hydrogen) atoms. The van der Waals surface area contributed by atoms with Crippen LogP contribution in [0.1, 0.15) is 25.0 Å². The van der Waals surface area contributed by atoms with Gasteiger partial charge < -0.3 is 4.42 Å². The Morgan fingerprint density at radius 2 is 0.923 bits per heavy atom. The van der Waals surface area contributed by atoms with Crippen LogP contribution in [0.4, 0.5) is 0 Å². The number of benzene rings is 9. The van der Waals surface area contributed by atoms with Crippen molar-refractivity contribution in [2.75, 3.05) is 0 Å². The molecule has 0 aliphatic heterocycles. The van der Waals surface area contributed by atoms with E-state index in [0.29, 0.717) is 0 Å². The summed E-state index contributed by atoms with van der Waals surface area (Å²) < 4.78 is 6.15. The predicted octanol–water partition coefficient (Wildman–Crippen LogP) is 14.4. The molecule has 9 aromatic carbocycles. The maximum absolute atomic E-state index is 6.15. The highest BCUT2D eigenvalue weighted by atomic mass is 16.3. The van der Waals surface area contributed by atoms with Crippen LogP contribution >= 0.6 is 0 Å². The number of fused-ring (bicyclic) bond motifs is 10. The molecule has 0 N–H and O–H groups in total. The molecule has 0 spiro atoms. The van der Waals surface area contributed by atoms with Gasteiger partial charge in [0.25, 0.3) is 0 Å². The molecule has 1 heterocycles. The number of hydrogen-bond acceptors (Lipinski definition) is 1. The van der Waals surface area contributed by atoms with Crippen LogP contribution in [0.15, 0.2) is 174 Å². The van der Waals surface area contributed by atoms with Crippen molar-refractivity contribution in [2.45, 2.75) is 19.3 Å². The van der Waals surface area contributed by atoms with Gasteiger partial charge in [0, 0.05) is 16.2 Å². The molecule has 10 aromatic rings. The minimum Gasteiger partial charge on any atom is -0.456 e. The molecule has 0 bridgehead atoms. The van der Waals surface area contributed by atoms with E-state index in [2.05, 4.69) is 172 Å². The van der Waals surface area contributed by atoms with Gasteiger partial charge in [-0.1, -0.05) is 153 Å². The van der Waals surface area contributed by atoms with Crippen LogP contribution in [0.5, 0.6) is 0 Å². The first kappa shape index (κ1) is 29.3. The first-order valence-corrected chi connectivity index (χ1v) is 18.2. The molecular formula is C51H34O. The van der Waals surface area contributed by atoms with Crippen LogP contribution in [0, 0.1) is 0 Å². The minimum atomic E-state index is -0.0850. The van der Waals surface area contributed by atoms with Crippen molar-refractivity contribution >= 4 is 54.3 Å². The largest absolute Gasteiger partial charge is 0.456 e. The van der Waals surface area contributed by atoms with E-state index in [1.54, 1.807) is 0 Å². The van der Waals surface area contributed by atoms with Crippen molar-refractivity contribution < 1.29 is 4.42 Å². The van der Waals surface area contributed by atoms with Crippen molar-refractivity contribution in [3.8, 4) is 44.5 Å². The highest BCUT2D eigenvalue weighted by Crippen LogP contribution is 2.53. The van der Waals surface area contributed by atoms with Crippen LogP contribution in [0.3, 0.4) is 0 Å². The summed E-state index contributed by atoms with van der Waals surface area (Å²) >= 11 is 0. The normalized spacial score (nSPS) is 13.3. The predicted molar refractivity (Wildman–Crippen MR) is 220 cm³/mol. The lowest BCUT2D eigenvalue weighted by Gasteiger charge is -2.23. The smallest absolute Gasteiger partial charge is 0.135 e. The van der Waals surface area contributed by atoms with Gasteiger partial charge in [0.1, 0.15) is 11.2 Å². The van der Waals surface area contributed by atoms with Gasteiger partial charge in [-0.25, -0.2) is 0 Å². The van der Waals surface area contributed by atoms with Gasteiger partial charge in [0.05, 0.1) is 0 Å². The maximum Gasteiger partial charge on any atom is 0.135 e. The summed E-state index contributed by atoms with van der Waals surface area (Å²) in [5, 5.41) is 10.0. The molecule has 0 saturated heterocycles. The van der Waals surface area contributed by atoms with Gasteiger partial charge in [0.2, 0.25) is 0 Å². The summed E-state index contributed by atoms with van der Waals surface area (Å²) in [6.45, 7) is 4.76. The number of hydrogen-bond donors (Lipinski definition) is 0. The fraction of sp³-hybridized carbons (Fsp3) is 0.0588. The van der Waals surface area contributed by atoms with Crippen molar-refractivity contribution in [1.29, 1.82) is 0 Å². The Morgan fingerprint density at radius 1 is 0.365 bits per heavy atom. The summed E-state index contributed by atoms with van der Waals surface area (Å²) in [7, 11) is 0. The Kier molecular flexibility index (Phi) is 6.08. The standard InChI is InChI=1S/C51H34O/c1-51(2)45-26-23-35(30-43(45)42-25-22-31-12-3-4-15-36(31)50(42)51)49-40-19-7-5-17-38(40)48(39-18-6-8-20-41(39)49)34-14-11-13-32(28-34)33-24-27-47-44(29-33)37-16-9-10-21-46(37)52-47/h3-30H,1-2H3. The van der Waals surface area contributed by atoms with Crippen molar-refractivity contribution in [1.82, 2.24) is 0 Å². The lowest BCUT2D eigenvalue weighted by atomic mass is 9.80. The number of para-hydroxylation sites is 1. The highest BCUT2D eigenvalue weighted by molar-refractivity contribution is 6.22. The van der Waals surface area contributed by atoms with Crippen molar-refractivity contribution in [3.05, 3.63) is 181 Å². The molecule has 1 aromatic heterocycles. The van der Waals surface area contributed by atoms with E-state index in [1.807, 2.05) is 12.1 Å². The molecule has 1 heteroatoms. The molecular weight excluding hydrogens is 629 g/mol. The van der Waals surface area contributed by atoms with Gasteiger partial charge in [-0.2, -0.15) is 0 Å². The zero-order valence-corrected chi connectivity index (χ0v) is 29.1. The third-order valence-electron chi connectivity index (χ3n) is 11.6. The van der Waals surface area contributed by atoms with Crippen LogP contribution in [-0.2, 0) is 5.41 Å². The van der Waals surface area contributed by atoms with Gasteiger partial charge >= 0.3 is 0 Å². The average Bonchev–Trinajstić information content (AvgIpc) is 3.68. The summed E-state index contributed by atoms with van der Waals surface area (Å²) in [6, 6.07) is 62.5. The molecule has 11 rings (SSSR count). The fourth-order valence-electron chi connectivity index (χ4n) is 9.28. The lowest BCUT2D eigenvalue weighted by Crippen LogP contribution is -2.15. The third-order valence-corrected chi connectivity index (χ3v) is 11.6. The van der Waals surface area contributed by atoms with Gasteiger partial charge in [-0.05, 0) is 118 Å². The summed E-state index contributed by atoms with van der Waals surface area (Å²) in [5.41, 5.74) is 14.7. The van der Waals surface area contributed by atoms with Crippen LogP contribution in [0.2, 0.25) is 0 Å². The van der Waals surface area contributed by atoms with E-state index in [9.17, 15) is 0 Å². The Morgan fingerprint density at radius 3 is 1.65 bits per heavy atom. The maximum atomic E-state index is 6.15. The van der Waals surface area contributed by atoms with Gasteiger partial charge in [-0.3, -0.25) is 0 Å². The molecule has 1 aliphatic carbocycles. The Hall–Kier alpha value is -6.44. The SMILES string of the molecule is CC1(C)c2ccc(-c3c4ccccc4c(-c4cccc(-c5ccc6oc7ccccc7c6c5)c4)c4ccccc34)cc2-c2ccc3ccccc3c21. The van der Waals surface area contributed by atoms with E-state index >= 15 is 0 Å². The lowest BCUT2D eigenvalue weighted by molar-refractivity contribution is 0.666. The topological polar surface area (TPSA) is 13.1 Å². The van der Waals surface area contributed by atoms with Crippen LogP contribution < -0.4 is 0 Å². The van der Waals surface area contributed by atoms with E-state index in [4.69, 9.17) is 4.42 Å². The summed E-state index contributed by atoms with van der Waals surface area (Å²) in [4.78, 5) is 0. The van der Waals surface area contributed by atoms with Gasteiger partial charge in [0.15, 0.2) is 0 Å². The molecule has 0 atom stereocenters. The second kappa shape index (κ2) is 10.8. The highest BCUT2D eigenvalue weighted by Gasteiger charge is 2.37.